The molecule has 0 spiro atoms. The summed E-state index contributed by atoms with van der Waals surface area (Å²) in [5, 5.41) is 7.35. The monoisotopic (exact) mass is 471 g/mol. The van der Waals surface area contributed by atoms with Crippen LogP contribution < -0.4 is 11.1 Å². The third-order valence-corrected chi connectivity index (χ3v) is 5.04. The van der Waals surface area contributed by atoms with Crippen LogP contribution in [0.15, 0.2) is 65.2 Å². The smallest absolute Gasteiger partial charge is 0.339 e. The number of rotatable bonds is 6. The van der Waals surface area contributed by atoms with E-state index in [1.54, 1.807) is 25.1 Å². The minimum atomic E-state index is -0.663. The molecule has 3 N–H and O–H groups in total. The predicted octanol–water partition coefficient (Wildman–Crippen LogP) is 4.21. The molecule has 10 nitrogen and oxygen atoms in total. The summed E-state index contributed by atoms with van der Waals surface area (Å²) in [7, 11) is 0. The Morgan fingerprint density at radius 2 is 1.83 bits per heavy atom. The van der Waals surface area contributed by atoms with Crippen molar-refractivity contribution in [3.05, 3.63) is 83.6 Å². The Balaban J connectivity index is 1.41. The molecule has 35 heavy (non-hydrogen) atoms. The van der Waals surface area contributed by atoms with E-state index in [1.165, 1.54) is 12.1 Å². The quantitative estimate of drug-likeness (QED) is 0.346. The van der Waals surface area contributed by atoms with E-state index in [4.69, 9.17) is 15.0 Å². The molecule has 0 aliphatic carbocycles. The van der Waals surface area contributed by atoms with Crippen molar-refractivity contribution in [3.63, 3.8) is 0 Å². The van der Waals surface area contributed by atoms with Gasteiger partial charge in [0.05, 0.1) is 22.3 Å². The number of carbonyl (C=O) groups is 1. The van der Waals surface area contributed by atoms with Gasteiger partial charge in [-0.3, -0.25) is 0 Å². The maximum atomic E-state index is 13.4. The lowest BCUT2D eigenvalue weighted by Crippen LogP contribution is -2.12. The highest BCUT2D eigenvalue weighted by Crippen LogP contribution is 2.28. The van der Waals surface area contributed by atoms with E-state index in [-0.39, 0.29) is 41.4 Å². The van der Waals surface area contributed by atoms with Crippen molar-refractivity contribution in [2.24, 2.45) is 0 Å². The van der Waals surface area contributed by atoms with Gasteiger partial charge in [0.15, 0.2) is 12.4 Å². The Hall–Kier alpha value is -4.93. The molecule has 2 aromatic carbocycles. The van der Waals surface area contributed by atoms with Gasteiger partial charge in [-0.25, -0.2) is 14.2 Å². The number of nitrogen functional groups attached to an aromatic ring is 1. The van der Waals surface area contributed by atoms with Gasteiger partial charge in [0.2, 0.25) is 11.9 Å². The number of hydrogen-bond donors (Lipinski definition) is 2. The number of carbonyl (C=O) groups excluding carboxylic acids is 1. The fraction of sp³-hybridized carbons (Fsp3) is 0.0833. The predicted molar refractivity (Wildman–Crippen MR) is 125 cm³/mol. The van der Waals surface area contributed by atoms with Gasteiger partial charge in [0.1, 0.15) is 5.82 Å². The van der Waals surface area contributed by atoms with Crippen molar-refractivity contribution in [2.45, 2.75) is 13.5 Å². The molecule has 0 saturated carbocycles. The Bertz CT molecular complexity index is 1520. The molecule has 0 bridgehead atoms. The summed E-state index contributed by atoms with van der Waals surface area (Å²) < 4.78 is 24.1. The van der Waals surface area contributed by atoms with Crippen LogP contribution in [-0.4, -0.2) is 31.1 Å². The molecule has 0 fully saturated rings. The van der Waals surface area contributed by atoms with Crippen molar-refractivity contribution >= 4 is 34.7 Å². The standard InChI is InChI=1S/C24H18FN7O3/c1-13-20-17(11-18(28-21(20)35-32-13)14-7-9-15(25)10-8-14)22(33)34-12-19-29-23(26)31-24(30-19)27-16-5-3-2-4-6-16/h2-11H,12H2,1H3,(H3,26,27,29,30,31). The van der Waals surface area contributed by atoms with Crippen molar-refractivity contribution in [2.75, 3.05) is 11.1 Å². The van der Waals surface area contributed by atoms with Crippen LogP contribution in [0.3, 0.4) is 0 Å². The van der Waals surface area contributed by atoms with Crippen LogP contribution in [-0.2, 0) is 11.3 Å². The van der Waals surface area contributed by atoms with Gasteiger partial charge < -0.3 is 20.3 Å². The first-order chi connectivity index (χ1) is 17.0. The zero-order chi connectivity index (χ0) is 24.4. The number of aromatic nitrogens is 5. The second-order valence-corrected chi connectivity index (χ2v) is 7.51. The SMILES string of the molecule is Cc1noc2nc(-c3ccc(F)cc3)cc(C(=O)OCc3nc(N)nc(Nc4ccccc4)n3)c12. The molecule has 0 unspecified atom stereocenters. The lowest BCUT2D eigenvalue weighted by atomic mass is 10.1. The Kier molecular flexibility index (Phi) is 5.71. The van der Waals surface area contributed by atoms with Gasteiger partial charge in [-0.1, -0.05) is 23.4 Å². The maximum absolute atomic E-state index is 13.4. The molecule has 0 aliphatic heterocycles. The number of halogens is 1. The Morgan fingerprint density at radius 3 is 2.60 bits per heavy atom. The van der Waals surface area contributed by atoms with Crippen LogP contribution >= 0.6 is 0 Å². The van der Waals surface area contributed by atoms with E-state index in [0.29, 0.717) is 22.3 Å². The van der Waals surface area contributed by atoms with Gasteiger partial charge in [-0.2, -0.15) is 15.0 Å². The number of nitrogens with two attached hydrogens (primary N) is 1. The van der Waals surface area contributed by atoms with Crippen LogP contribution in [0.2, 0.25) is 0 Å². The molecule has 0 saturated heterocycles. The zero-order valence-corrected chi connectivity index (χ0v) is 18.4. The number of benzene rings is 2. The van der Waals surface area contributed by atoms with Crippen LogP contribution in [0.1, 0.15) is 21.9 Å². The highest BCUT2D eigenvalue weighted by atomic mass is 19.1. The minimum Gasteiger partial charge on any atom is -0.454 e. The van der Waals surface area contributed by atoms with Crippen LogP contribution in [0.25, 0.3) is 22.4 Å². The second kappa shape index (κ2) is 9.14. The third kappa shape index (κ3) is 4.74. The molecule has 0 amide bonds. The van der Waals surface area contributed by atoms with Crippen molar-refractivity contribution in [1.82, 2.24) is 25.1 Å². The molecular weight excluding hydrogens is 453 g/mol. The summed E-state index contributed by atoms with van der Waals surface area (Å²) in [5.41, 5.74) is 8.40. The highest BCUT2D eigenvalue weighted by molar-refractivity contribution is 6.04. The van der Waals surface area contributed by atoms with E-state index in [2.05, 4.69) is 30.4 Å². The van der Waals surface area contributed by atoms with E-state index in [9.17, 15) is 9.18 Å². The van der Waals surface area contributed by atoms with Crippen LogP contribution in [0.4, 0.5) is 22.0 Å². The van der Waals surface area contributed by atoms with Crippen molar-refractivity contribution in [3.8, 4) is 11.3 Å². The van der Waals surface area contributed by atoms with Gasteiger partial charge in [-0.15, -0.1) is 0 Å². The average molecular weight is 471 g/mol. The lowest BCUT2D eigenvalue weighted by Gasteiger charge is -2.09. The summed E-state index contributed by atoms with van der Waals surface area (Å²) in [5.74, 6) is -0.694. The zero-order valence-electron chi connectivity index (χ0n) is 18.4. The molecule has 0 atom stereocenters. The average Bonchev–Trinajstić information content (AvgIpc) is 3.23. The summed E-state index contributed by atoms with van der Waals surface area (Å²) >= 11 is 0. The van der Waals surface area contributed by atoms with Gasteiger partial charge >= 0.3 is 5.97 Å². The van der Waals surface area contributed by atoms with E-state index in [1.807, 2.05) is 30.3 Å². The molecule has 3 aromatic heterocycles. The molecule has 3 heterocycles. The summed E-state index contributed by atoms with van der Waals surface area (Å²) in [6.45, 7) is 1.44. The second-order valence-electron chi connectivity index (χ2n) is 7.51. The van der Waals surface area contributed by atoms with E-state index in [0.717, 1.165) is 5.69 Å². The number of fused-ring (bicyclic) bond motifs is 1. The summed E-state index contributed by atoms with van der Waals surface area (Å²) in [6.07, 6.45) is 0. The topological polar surface area (TPSA) is 142 Å². The first-order valence-electron chi connectivity index (χ1n) is 10.5. The molecule has 0 radical (unpaired) electrons. The third-order valence-electron chi connectivity index (χ3n) is 5.04. The summed E-state index contributed by atoms with van der Waals surface area (Å²) in [4.78, 5) is 29.9. The van der Waals surface area contributed by atoms with Crippen LogP contribution in [0.5, 0.6) is 0 Å². The maximum Gasteiger partial charge on any atom is 0.339 e. The van der Waals surface area contributed by atoms with Gasteiger partial charge in [0, 0.05) is 11.3 Å². The molecular formula is C24H18FN7O3. The molecule has 5 aromatic rings. The number of para-hydroxylation sites is 1. The number of pyridine rings is 1. The van der Waals surface area contributed by atoms with Crippen molar-refractivity contribution < 1.29 is 18.4 Å². The number of nitrogens with zero attached hydrogens (tertiary/aromatic N) is 5. The fourth-order valence-corrected chi connectivity index (χ4v) is 3.44. The molecule has 174 valence electrons. The number of nitrogens with one attached hydrogen (secondary N) is 1. The Morgan fingerprint density at radius 1 is 1.06 bits per heavy atom. The number of hydrogen-bond acceptors (Lipinski definition) is 10. The largest absolute Gasteiger partial charge is 0.454 e. The highest BCUT2D eigenvalue weighted by Gasteiger charge is 2.21. The number of aryl methyl sites for hydroxylation is 1. The van der Waals surface area contributed by atoms with Gasteiger partial charge in [-0.05, 0) is 49.4 Å². The number of esters is 1. The summed E-state index contributed by atoms with van der Waals surface area (Å²) in [6, 6.07) is 16.5. The van der Waals surface area contributed by atoms with Crippen molar-refractivity contribution in [1.29, 1.82) is 0 Å². The van der Waals surface area contributed by atoms with Gasteiger partial charge in [0.25, 0.3) is 5.71 Å². The first-order valence-corrected chi connectivity index (χ1v) is 10.5. The van der Waals surface area contributed by atoms with E-state index >= 15 is 0 Å². The normalized spacial score (nSPS) is 10.9. The number of anilines is 3. The first kappa shape index (κ1) is 21.9. The fourth-order valence-electron chi connectivity index (χ4n) is 3.44. The van der Waals surface area contributed by atoms with E-state index < -0.39 is 5.97 Å². The lowest BCUT2D eigenvalue weighted by molar-refractivity contribution is 0.0464. The molecule has 11 heteroatoms. The van der Waals surface area contributed by atoms with Crippen LogP contribution in [0, 0.1) is 12.7 Å². The molecule has 5 rings (SSSR count). The number of ether oxygens (including phenoxy) is 1. The molecule has 0 aliphatic rings. The minimum absolute atomic E-state index is 0.0238. The Labute approximate surface area is 198 Å².